The largest absolute Gasteiger partial charge is 0.489 e. The summed E-state index contributed by atoms with van der Waals surface area (Å²) in [7, 11) is 0. The van der Waals surface area contributed by atoms with E-state index in [0.717, 1.165) is 16.5 Å². The summed E-state index contributed by atoms with van der Waals surface area (Å²) in [6.45, 7) is 1.30. The number of fused-ring (bicyclic) bond motifs is 1. The maximum atomic E-state index is 12.1. The van der Waals surface area contributed by atoms with Crippen LogP contribution in [-0.2, 0) is 16.2 Å². The Hall–Kier alpha value is -3.32. The molecule has 1 aliphatic heterocycles. The highest BCUT2D eigenvalue weighted by atomic mass is 16.5. The molecule has 156 valence electrons. The summed E-state index contributed by atoms with van der Waals surface area (Å²) in [6, 6.07) is 14.6. The van der Waals surface area contributed by atoms with Crippen molar-refractivity contribution in [2.45, 2.75) is 25.5 Å². The Morgan fingerprint density at radius 3 is 2.50 bits per heavy atom. The molecule has 7 nitrogen and oxygen atoms in total. The zero-order chi connectivity index (χ0) is 21.1. The van der Waals surface area contributed by atoms with Gasteiger partial charge >= 0.3 is 11.9 Å². The minimum absolute atomic E-state index is 0.406. The van der Waals surface area contributed by atoms with Crippen molar-refractivity contribution in [1.29, 1.82) is 0 Å². The van der Waals surface area contributed by atoms with Crippen molar-refractivity contribution in [3.05, 3.63) is 65.9 Å². The average molecular weight is 408 g/mol. The van der Waals surface area contributed by atoms with Gasteiger partial charge in [0, 0.05) is 35.8 Å². The number of carbonyl (C=O) groups is 2. The van der Waals surface area contributed by atoms with E-state index in [2.05, 4.69) is 4.98 Å². The lowest BCUT2D eigenvalue weighted by Gasteiger charge is -2.34. The molecule has 1 aliphatic rings. The van der Waals surface area contributed by atoms with E-state index >= 15 is 0 Å². The standard InChI is InChI=1S/C23H24N2O5/c26-22(27)16-8-10-25(11-9-16)21(23(28)29)19-13-24-20-7-6-17(12-18(19)20)30-14-15-4-2-1-3-5-15/h1-7,12-13,16,21,24H,8-11,14H2,(H,26,27)(H,28,29)/t21-/m0/s1. The monoisotopic (exact) mass is 408 g/mol. The van der Waals surface area contributed by atoms with E-state index in [4.69, 9.17) is 4.74 Å². The Bertz CT molecular complexity index is 1040. The SMILES string of the molecule is O=C(O)C1CCN([C@H](C(=O)O)c2c[nH]c3ccc(OCc4ccccc4)cc23)CC1. The number of nitrogens with zero attached hydrogens (tertiary/aromatic N) is 1. The summed E-state index contributed by atoms with van der Waals surface area (Å²) >= 11 is 0. The molecule has 1 saturated heterocycles. The van der Waals surface area contributed by atoms with E-state index < -0.39 is 23.9 Å². The van der Waals surface area contributed by atoms with E-state index in [9.17, 15) is 19.8 Å². The van der Waals surface area contributed by atoms with Gasteiger partial charge in [-0.2, -0.15) is 0 Å². The number of hydrogen-bond donors (Lipinski definition) is 3. The highest BCUT2D eigenvalue weighted by Gasteiger charge is 2.34. The van der Waals surface area contributed by atoms with Crippen LogP contribution in [0.25, 0.3) is 10.9 Å². The number of aromatic amines is 1. The number of aliphatic carboxylic acids is 2. The summed E-state index contributed by atoms with van der Waals surface area (Å²) < 4.78 is 5.91. The first-order valence-electron chi connectivity index (χ1n) is 10.0. The van der Waals surface area contributed by atoms with Crippen LogP contribution in [0.2, 0.25) is 0 Å². The van der Waals surface area contributed by atoms with Crippen LogP contribution in [0.15, 0.2) is 54.7 Å². The zero-order valence-corrected chi connectivity index (χ0v) is 16.5. The molecule has 4 rings (SSSR count). The molecular formula is C23H24N2O5. The molecule has 1 atom stereocenters. The maximum absolute atomic E-state index is 12.1. The molecule has 0 aliphatic carbocycles. The number of likely N-dealkylation sites (tertiary alicyclic amines) is 1. The van der Waals surface area contributed by atoms with Gasteiger partial charge in [-0.25, -0.2) is 0 Å². The van der Waals surface area contributed by atoms with Gasteiger partial charge in [0.05, 0.1) is 5.92 Å². The van der Waals surface area contributed by atoms with Gasteiger partial charge in [0.1, 0.15) is 18.4 Å². The van der Waals surface area contributed by atoms with Crippen molar-refractivity contribution >= 4 is 22.8 Å². The van der Waals surface area contributed by atoms with Crippen LogP contribution in [0.3, 0.4) is 0 Å². The van der Waals surface area contributed by atoms with E-state index in [1.54, 1.807) is 6.20 Å². The zero-order valence-electron chi connectivity index (χ0n) is 16.5. The molecule has 0 amide bonds. The van der Waals surface area contributed by atoms with Crippen LogP contribution in [0, 0.1) is 5.92 Å². The number of rotatable bonds is 7. The van der Waals surface area contributed by atoms with Gasteiger partial charge in [0.2, 0.25) is 0 Å². The molecule has 30 heavy (non-hydrogen) atoms. The summed E-state index contributed by atoms with van der Waals surface area (Å²) in [4.78, 5) is 28.4. The minimum atomic E-state index is -0.944. The number of aromatic nitrogens is 1. The first-order valence-corrected chi connectivity index (χ1v) is 10.0. The fraction of sp³-hybridized carbons (Fsp3) is 0.304. The predicted molar refractivity (Wildman–Crippen MR) is 111 cm³/mol. The molecule has 0 unspecified atom stereocenters. The van der Waals surface area contributed by atoms with Crippen LogP contribution in [0.4, 0.5) is 0 Å². The van der Waals surface area contributed by atoms with Crippen LogP contribution >= 0.6 is 0 Å². The van der Waals surface area contributed by atoms with Crippen LogP contribution < -0.4 is 4.74 Å². The van der Waals surface area contributed by atoms with Gasteiger partial charge < -0.3 is 19.9 Å². The maximum Gasteiger partial charge on any atom is 0.325 e. The first-order chi connectivity index (χ1) is 14.5. The fourth-order valence-electron chi connectivity index (χ4n) is 4.07. The normalized spacial score (nSPS) is 16.4. The van der Waals surface area contributed by atoms with Crippen molar-refractivity contribution in [1.82, 2.24) is 9.88 Å². The summed E-state index contributed by atoms with van der Waals surface area (Å²) in [6.07, 6.45) is 2.63. The highest BCUT2D eigenvalue weighted by molar-refractivity contribution is 5.90. The van der Waals surface area contributed by atoms with Gasteiger partial charge in [0.15, 0.2) is 0 Å². The van der Waals surface area contributed by atoms with Crippen molar-refractivity contribution in [2.75, 3.05) is 13.1 Å². The van der Waals surface area contributed by atoms with Crippen LogP contribution in [0.1, 0.15) is 30.0 Å². The molecular weight excluding hydrogens is 384 g/mol. The molecule has 0 radical (unpaired) electrons. The second-order valence-electron chi connectivity index (χ2n) is 7.61. The molecule has 3 aromatic rings. The third kappa shape index (κ3) is 4.16. The van der Waals surface area contributed by atoms with E-state index in [0.29, 0.717) is 43.9 Å². The second kappa shape index (κ2) is 8.59. The number of carboxylic acids is 2. The van der Waals surface area contributed by atoms with Gasteiger partial charge in [0.25, 0.3) is 0 Å². The third-order valence-electron chi connectivity index (χ3n) is 5.71. The fourth-order valence-corrected chi connectivity index (χ4v) is 4.07. The van der Waals surface area contributed by atoms with Crippen molar-refractivity contribution in [3.8, 4) is 5.75 Å². The second-order valence-corrected chi connectivity index (χ2v) is 7.61. The average Bonchev–Trinajstić information content (AvgIpc) is 3.16. The van der Waals surface area contributed by atoms with Gasteiger partial charge in [-0.05, 0) is 36.6 Å². The lowest BCUT2D eigenvalue weighted by molar-refractivity contribution is -0.146. The lowest BCUT2D eigenvalue weighted by atomic mass is 9.94. The van der Waals surface area contributed by atoms with Gasteiger partial charge in [-0.15, -0.1) is 0 Å². The third-order valence-corrected chi connectivity index (χ3v) is 5.71. The van der Waals surface area contributed by atoms with Crippen LogP contribution in [-0.4, -0.2) is 45.1 Å². The first kappa shape index (κ1) is 20.0. The lowest BCUT2D eigenvalue weighted by Crippen LogP contribution is -2.41. The summed E-state index contributed by atoms with van der Waals surface area (Å²) in [5.74, 6) is -1.49. The number of nitrogens with one attached hydrogen (secondary N) is 1. The minimum Gasteiger partial charge on any atom is -0.489 e. The Morgan fingerprint density at radius 2 is 1.83 bits per heavy atom. The molecule has 0 bridgehead atoms. The molecule has 1 fully saturated rings. The van der Waals surface area contributed by atoms with Crippen molar-refractivity contribution in [2.24, 2.45) is 5.92 Å². The van der Waals surface area contributed by atoms with Gasteiger partial charge in [-0.1, -0.05) is 30.3 Å². The number of hydrogen-bond acceptors (Lipinski definition) is 4. The molecule has 1 aromatic heterocycles. The van der Waals surface area contributed by atoms with Crippen molar-refractivity contribution < 1.29 is 24.5 Å². The number of H-pyrrole nitrogens is 1. The molecule has 0 saturated carbocycles. The quantitative estimate of drug-likeness (QED) is 0.551. The van der Waals surface area contributed by atoms with Gasteiger partial charge in [-0.3, -0.25) is 14.5 Å². The Kier molecular flexibility index (Phi) is 5.72. The highest BCUT2D eigenvalue weighted by Crippen LogP contribution is 2.33. The van der Waals surface area contributed by atoms with Crippen molar-refractivity contribution in [3.63, 3.8) is 0 Å². The number of carboxylic acid groups (broad SMARTS) is 2. The summed E-state index contributed by atoms with van der Waals surface area (Å²) in [5, 5.41) is 20.0. The van der Waals surface area contributed by atoms with E-state index in [1.165, 1.54) is 0 Å². The number of benzene rings is 2. The van der Waals surface area contributed by atoms with E-state index in [-0.39, 0.29) is 0 Å². The molecule has 2 heterocycles. The predicted octanol–water partition coefficient (Wildman–Crippen LogP) is 3.67. The number of piperidine rings is 1. The molecule has 7 heteroatoms. The molecule has 2 aromatic carbocycles. The molecule has 3 N–H and O–H groups in total. The Labute approximate surface area is 173 Å². The molecule has 0 spiro atoms. The van der Waals surface area contributed by atoms with E-state index in [1.807, 2.05) is 53.4 Å². The Morgan fingerprint density at radius 1 is 1.10 bits per heavy atom. The smallest absolute Gasteiger partial charge is 0.325 e. The Balaban J connectivity index is 1.57. The summed E-state index contributed by atoms with van der Waals surface area (Å²) in [5.41, 5.74) is 2.55. The topological polar surface area (TPSA) is 103 Å². The number of ether oxygens (including phenoxy) is 1. The van der Waals surface area contributed by atoms with Crippen LogP contribution in [0.5, 0.6) is 5.75 Å².